The molecule has 0 amide bonds. The molecule has 0 spiro atoms. The van der Waals surface area contributed by atoms with Gasteiger partial charge in [-0.25, -0.2) is 0 Å². The lowest BCUT2D eigenvalue weighted by molar-refractivity contribution is -0.131. The maximum absolute atomic E-state index is 12.6. The molecule has 0 radical (unpaired) electrons. The van der Waals surface area contributed by atoms with Crippen molar-refractivity contribution in [3.05, 3.63) is 56.6 Å². The van der Waals surface area contributed by atoms with Gasteiger partial charge in [0.25, 0.3) is 0 Å². The van der Waals surface area contributed by atoms with E-state index in [2.05, 4.69) is 10.0 Å². The molecule has 0 N–H and O–H groups in total. The topological polar surface area (TPSA) is 105 Å². The molecule has 4 rings (SSSR count). The van der Waals surface area contributed by atoms with E-state index in [1.807, 2.05) is 0 Å². The largest absolute Gasteiger partial charge is 0.456 e. The molecule has 0 aliphatic carbocycles. The Morgan fingerprint density at radius 3 is 2.73 bits per heavy atom. The van der Waals surface area contributed by atoms with Crippen molar-refractivity contribution in [2.75, 3.05) is 0 Å². The first-order chi connectivity index (χ1) is 10.7. The van der Waals surface area contributed by atoms with Crippen molar-refractivity contribution in [3.8, 4) is 5.75 Å². The zero-order valence-electron chi connectivity index (χ0n) is 11.1. The fourth-order valence-corrected chi connectivity index (χ4v) is 2.57. The number of carbonyl (C=O) groups excluding carboxylic acids is 1. The summed E-state index contributed by atoms with van der Waals surface area (Å²) >= 11 is 0. The second-order valence-electron chi connectivity index (χ2n) is 4.91. The lowest BCUT2D eigenvalue weighted by atomic mass is 10.1. The first-order valence-electron chi connectivity index (χ1n) is 6.45. The average Bonchev–Trinajstić information content (AvgIpc) is 2.86. The van der Waals surface area contributed by atoms with E-state index in [-0.39, 0.29) is 17.8 Å². The molecule has 106 valence electrons. The van der Waals surface area contributed by atoms with Crippen LogP contribution in [0.2, 0.25) is 0 Å². The predicted molar refractivity (Wildman–Crippen MR) is 78.1 cm³/mol. The zero-order valence-corrected chi connectivity index (χ0v) is 11.1. The van der Waals surface area contributed by atoms with Gasteiger partial charge in [-0.05, 0) is 35.9 Å². The standard InChI is InChI=1S/C15H7N3O4/c16-18-17-8-1-2-11-9(5-8)15(20)10-6-12-7(3-13(10)21-11)4-14(19)22-12/h1-3,5-6H,4H2. The van der Waals surface area contributed by atoms with Crippen molar-refractivity contribution in [2.45, 2.75) is 6.42 Å². The minimum Gasteiger partial charge on any atom is -0.456 e. The SMILES string of the molecule is [N-]=[N+]=Nc1ccc2oc3cc4c(cc3c(=O)c2c1)OC(=O)C4. The summed E-state index contributed by atoms with van der Waals surface area (Å²) in [6, 6.07) is 7.78. The summed E-state index contributed by atoms with van der Waals surface area (Å²) in [7, 11) is 0. The predicted octanol–water partition coefficient (Wildman–Crippen LogP) is 3.35. The average molecular weight is 293 g/mol. The molecular formula is C15H7N3O4. The Balaban J connectivity index is 2.08. The minimum atomic E-state index is -0.354. The number of nitrogens with zero attached hydrogens (tertiary/aromatic N) is 3. The van der Waals surface area contributed by atoms with Crippen LogP contribution >= 0.6 is 0 Å². The molecule has 0 unspecified atom stereocenters. The van der Waals surface area contributed by atoms with Gasteiger partial charge >= 0.3 is 5.97 Å². The van der Waals surface area contributed by atoms with Crippen LogP contribution in [-0.2, 0) is 11.2 Å². The number of benzene rings is 2. The van der Waals surface area contributed by atoms with E-state index in [0.717, 1.165) is 0 Å². The van der Waals surface area contributed by atoms with E-state index in [4.69, 9.17) is 14.7 Å². The highest BCUT2D eigenvalue weighted by Crippen LogP contribution is 2.31. The van der Waals surface area contributed by atoms with E-state index in [9.17, 15) is 9.59 Å². The summed E-state index contributed by atoms with van der Waals surface area (Å²) in [5.74, 6) is 0.0308. The Morgan fingerprint density at radius 2 is 1.91 bits per heavy atom. The highest BCUT2D eigenvalue weighted by atomic mass is 16.5. The molecule has 1 aliphatic heterocycles. The van der Waals surface area contributed by atoms with Gasteiger partial charge in [0, 0.05) is 16.2 Å². The van der Waals surface area contributed by atoms with Crippen molar-refractivity contribution in [1.82, 2.24) is 0 Å². The summed E-state index contributed by atoms with van der Waals surface area (Å²) < 4.78 is 10.8. The van der Waals surface area contributed by atoms with Gasteiger partial charge in [-0.2, -0.15) is 0 Å². The number of hydrogen-bond donors (Lipinski definition) is 0. The first kappa shape index (κ1) is 12.4. The number of ether oxygens (including phenoxy) is 1. The fraction of sp³-hybridized carbons (Fsp3) is 0.0667. The molecule has 2 heterocycles. The molecule has 2 aromatic carbocycles. The molecule has 0 saturated carbocycles. The van der Waals surface area contributed by atoms with Crippen molar-refractivity contribution >= 4 is 33.6 Å². The van der Waals surface area contributed by atoms with Crippen LogP contribution < -0.4 is 10.2 Å². The maximum Gasteiger partial charge on any atom is 0.315 e. The summed E-state index contributed by atoms with van der Waals surface area (Å²) in [5.41, 5.74) is 10.0. The quantitative estimate of drug-likeness (QED) is 0.171. The van der Waals surface area contributed by atoms with Gasteiger partial charge in [0.15, 0.2) is 0 Å². The molecular weight excluding hydrogens is 286 g/mol. The second-order valence-corrected chi connectivity index (χ2v) is 4.91. The number of rotatable bonds is 1. The Bertz CT molecular complexity index is 1080. The van der Waals surface area contributed by atoms with E-state index < -0.39 is 0 Å². The molecule has 0 atom stereocenters. The lowest BCUT2D eigenvalue weighted by Crippen LogP contribution is -2.02. The summed E-state index contributed by atoms with van der Waals surface area (Å²) in [4.78, 5) is 26.6. The Morgan fingerprint density at radius 1 is 1.09 bits per heavy atom. The third kappa shape index (κ3) is 1.73. The minimum absolute atomic E-state index is 0.169. The van der Waals surface area contributed by atoms with Gasteiger partial charge in [0.2, 0.25) is 5.43 Å². The van der Waals surface area contributed by atoms with Crippen LogP contribution in [-0.4, -0.2) is 5.97 Å². The molecule has 0 fully saturated rings. The monoisotopic (exact) mass is 293 g/mol. The lowest BCUT2D eigenvalue weighted by Gasteiger charge is -2.04. The van der Waals surface area contributed by atoms with E-state index in [1.165, 1.54) is 12.1 Å². The normalized spacial score (nSPS) is 13.0. The molecule has 7 heteroatoms. The van der Waals surface area contributed by atoms with E-state index in [1.54, 1.807) is 18.2 Å². The van der Waals surface area contributed by atoms with Crippen molar-refractivity contribution in [2.24, 2.45) is 5.11 Å². The molecule has 7 nitrogen and oxygen atoms in total. The van der Waals surface area contributed by atoms with Gasteiger partial charge in [-0.3, -0.25) is 9.59 Å². The fourth-order valence-electron chi connectivity index (χ4n) is 2.57. The van der Waals surface area contributed by atoms with Crippen LogP contribution in [0.4, 0.5) is 5.69 Å². The van der Waals surface area contributed by atoms with E-state index in [0.29, 0.717) is 38.9 Å². The molecule has 1 aromatic heterocycles. The molecule has 0 saturated heterocycles. The summed E-state index contributed by atoms with van der Waals surface area (Å²) in [6.07, 6.45) is 0.169. The zero-order chi connectivity index (χ0) is 15.3. The Kier molecular flexibility index (Phi) is 2.45. The summed E-state index contributed by atoms with van der Waals surface area (Å²) in [5, 5.41) is 4.10. The molecule has 22 heavy (non-hydrogen) atoms. The second kappa shape index (κ2) is 4.34. The van der Waals surface area contributed by atoms with Gasteiger partial charge in [-0.1, -0.05) is 5.11 Å². The maximum atomic E-state index is 12.6. The van der Waals surface area contributed by atoms with Crippen molar-refractivity contribution in [3.63, 3.8) is 0 Å². The number of esters is 1. The molecule has 1 aliphatic rings. The molecule has 3 aromatic rings. The smallest absolute Gasteiger partial charge is 0.315 e. The van der Waals surface area contributed by atoms with Crippen LogP contribution in [0, 0.1) is 0 Å². The van der Waals surface area contributed by atoms with Crippen molar-refractivity contribution in [1.29, 1.82) is 0 Å². The van der Waals surface area contributed by atoms with Gasteiger partial charge in [0.05, 0.1) is 17.2 Å². The van der Waals surface area contributed by atoms with Gasteiger partial charge in [0.1, 0.15) is 16.9 Å². The van der Waals surface area contributed by atoms with E-state index >= 15 is 0 Å². The van der Waals surface area contributed by atoms with Crippen LogP contribution in [0.25, 0.3) is 32.4 Å². The Hall–Kier alpha value is -3.31. The van der Waals surface area contributed by atoms with Crippen LogP contribution in [0.5, 0.6) is 5.75 Å². The Labute approximate surface area is 122 Å². The van der Waals surface area contributed by atoms with Gasteiger partial charge < -0.3 is 9.15 Å². The third-order valence-corrected chi connectivity index (χ3v) is 3.55. The van der Waals surface area contributed by atoms with Crippen LogP contribution in [0.3, 0.4) is 0 Å². The number of carbonyl (C=O) groups is 1. The third-order valence-electron chi connectivity index (χ3n) is 3.55. The number of hydrogen-bond acceptors (Lipinski definition) is 5. The summed E-state index contributed by atoms with van der Waals surface area (Å²) in [6.45, 7) is 0. The number of fused-ring (bicyclic) bond motifs is 3. The van der Waals surface area contributed by atoms with Crippen molar-refractivity contribution < 1.29 is 13.9 Å². The van der Waals surface area contributed by atoms with Crippen LogP contribution in [0.15, 0.2) is 44.7 Å². The highest BCUT2D eigenvalue weighted by Gasteiger charge is 2.22. The van der Waals surface area contributed by atoms with Gasteiger partial charge in [-0.15, -0.1) is 0 Å². The highest BCUT2D eigenvalue weighted by molar-refractivity contribution is 5.94. The van der Waals surface area contributed by atoms with Crippen LogP contribution in [0.1, 0.15) is 5.56 Å². The number of azide groups is 1. The first-order valence-corrected chi connectivity index (χ1v) is 6.45. The molecule has 0 bridgehead atoms.